The third-order valence-electron chi connectivity index (χ3n) is 3.73. The van der Waals surface area contributed by atoms with E-state index in [1.165, 1.54) is 0 Å². The van der Waals surface area contributed by atoms with E-state index in [1.807, 2.05) is 55.6 Å². The predicted octanol–water partition coefficient (Wildman–Crippen LogP) is 3.48. The summed E-state index contributed by atoms with van der Waals surface area (Å²) in [5, 5.41) is 4.21. The van der Waals surface area contributed by atoms with Crippen LogP contribution in [0.1, 0.15) is 0 Å². The minimum absolute atomic E-state index is 0.583. The summed E-state index contributed by atoms with van der Waals surface area (Å²) in [4.78, 5) is 4.57. The zero-order valence-corrected chi connectivity index (χ0v) is 12.0. The number of anilines is 1. The van der Waals surface area contributed by atoms with Gasteiger partial charge in [0.05, 0.1) is 6.20 Å². The van der Waals surface area contributed by atoms with Crippen LogP contribution in [0.4, 0.5) is 5.82 Å². The monoisotopic (exact) mass is 290 g/mol. The van der Waals surface area contributed by atoms with E-state index >= 15 is 0 Å². The van der Waals surface area contributed by atoms with Gasteiger partial charge in [0.2, 0.25) is 5.89 Å². The molecule has 0 radical (unpaired) electrons. The van der Waals surface area contributed by atoms with Crippen LogP contribution < -0.4 is 5.73 Å². The summed E-state index contributed by atoms with van der Waals surface area (Å²) in [6, 6.07) is 15.6. The highest BCUT2D eigenvalue weighted by atomic mass is 16.3. The number of aromatic nitrogens is 3. The summed E-state index contributed by atoms with van der Waals surface area (Å²) >= 11 is 0. The summed E-state index contributed by atoms with van der Waals surface area (Å²) in [6.07, 6.45) is 1.76. The van der Waals surface area contributed by atoms with E-state index in [1.54, 1.807) is 10.9 Å². The Hall–Kier alpha value is -3.08. The zero-order chi connectivity index (χ0) is 15.1. The Bertz CT molecular complexity index is 935. The second-order valence-corrected chi connectivity index (χ2v) is 5.10. The van der Waals surface area contributed by atoms with E-state index in [0.29, 0.717) is 11.7 Å². The quantitative estimate of drug-likeness (QED) is 0.613. The fraction of sp³-hybridized carbons (Fsp3) is 0.0588. The van der Waals surface area contributed by atoms with Crippen molar-refractivity contribution in [3.63, 3.8) is 0 Å². The van der Waals surface area contributed by atoms with Crippen LogP contribution in [0, 0.1) is 0 Å². The molecule has 5 heteroatoms. The Kier molecular flexibility index (Phi) is 2.72. The first-order valence-electron chi connectivity index (χ1n) is 6.97. The number of nitrogens with zero attached hydrogens (tertiary/aromatic N) is 3. The Morgan fingerprint density at radius 3 is 2.41 bits per heavy atom. The molecular weight excluding hydrogens is 276 g/mol. The lowest BCUT2D eigenvalue weighted by atomic mass is 10.0. The lowest BCUT2D eigenvalue weighted by Crippen LogP contribution is -1.98. The van der Waals surface area contributed by atoms with E-state index < -0.39 is 0 Å². The van der Waals surface area contributed by atoms with Crippen LogP contribution >= 0.6 is 0 Å². The molecule has 0 aliphatic carbocycles. The van der Waals surface area contributed by atoms with E-state index in [9.17, 15) is 0 Å². The summed E-state index contributed by atoms with van der Waals surface area (Å²) in [7, 11) is 1.82. The Labute approximate surface area is 127 Å². The summed E-state index contributed by atoms with van der Waals surface area (Å²) < 4.78 is 7.53. The van der Waals surface area contributed by atoms with Crippen molar-refractivity contribution in [3.05, 3.63) is 54.7 Å². The first kappa shape index (κ1) is 12.6. The van der Waals surface area contributed by atoms with Gasteiger partial charge >= 0.3 is 0 Å². The number of nitrogen functional groups attached to an aromatic ring is 1. The number of nitrogens with two attached hydrogens (primary N) is 1. The molecule has 22 heavy (non-hydrogen) atoms. The summed E-state index contributed by atoms with van der Waals surface area (Å²) in [5.41, 5.74) is 10.4. The molecular formula is C17H14N4O. The fourth-order valence-corrected chi connectivity index (χ4v) is 2.55. The molecule has 0 saturated heterocycles. The lowest BCUT2D eigenvalue weighted by molar-refractivity contribution is 0.620. The van der Waals surface area contributed by atoms with Gasteiger partial charge in [-0.2, -0.15) is 5.10 Å². The lowest BCUT2D eigenvalue weighted by Gasteiger charge is -2.05. The zero-order valence-electron chi connectivity index (χ0n) is 12.0. The van der Waals surface area contributed by atoms with Crippen molar-refractivity contribution in [2.45, 2.75) is 0 Å². The second kappa shape index (κ2) is 4.73. The molecule has 0 saturated carbocycles. The van der Waals surface area contributed by atoms with Gasteiger partial charge in [-0.3, -0.25) is 4.68 Å². The fourth-order valence-electron chi connectivity index (χ4n) is 2.55. The maximum atomic E-state index is 6.11. The molecule has 0 spiro atoms. The summed E-state index contributed by atoms with van der Waals surface area (Å²) in [6.45, 7) is 0. The Balaban J connectivity index is 1.94. The smallest absolute Gasteiger partial charge is 0.227 e. The topological polar surface area (TPSA) is 69.9 Å². The van der Waals surface area contributed by atoms with Crippen LogP contribution in [-0.2, 0) is 7.05 Å². The molecule has 2 N–H and O–H groups in total. The van der Waals surface area contributed by atoms with Gasteiger partial charge in [-0.05, 0) is 23.8 Å². The number of rotatable bonds is 2. The highest BCUT2D eigenvalue weighted by Gasteiger charge is 2.16. The van der Waals surface area contributed by atoms with Crippen LogP contribution in [0.25, 0.3) is 33.7 Å². The summed E-state index contributed by atoms with van der Waals surface area (Å²) in [5.74, 6) is 1.20. The normalized spacial score (nSPS) is 11.1. The molecule has 4 rings (SSSR count). The van der Waals surface area contributed by atoms with Crippen molar-refractivity contribution in [1.82, 2.24) is 14.8 Å². The molecule has 2 heterocycles. The molecule has 2 aromatic carbocycles. The van der Waals surface area contributed by atoms with Crippen LogP contribution in [-0.4, -0.2) is 14.8 Å². The molecule has 0 amide bonds. The molecule has 0 aliphatic rings. The van der Waals surface area contributed by atoms with Crippen LogP contribution in [0.5, 0.6) is 0 Å². The Morgan fingerprint density at radius 1 is 0.955 bits per heavy atom. The average molecular weight is 290 g/mol. The molecule has 4 aromatic rings. The number of aryl methyl sites for hydroxylation is 1. The highest BCUT2D eigenvalue weighted by Crippen LogP contribution is 2.35. The maximum absolute atomic E-state index is 6.11. The number of benzene rings is 2. The van der Waals surface area contributed by atoms with Crippen LogP contribution in [0.3, 0.4) is 0 Å². The predicted molar refractivity (Wildman–Crippen MR) is 86.1 cm³/mol. The van der Waals surface area contributed by atoms with Gasteiger partial charge in [0.15, 0.2) is 5.58 Å². The highest BCUT2D eigenvalue weighted by molar-refractivity contribution is 5.87. The largest absolute Gasteiger partial charge is 0.436 e. The number of hydrogen-bond donors (Lipinski definition) is 1. The molecule has 0 bridgehead atoms. The standard InChI is InChI=1S/C17H14N4O/c1-21-16(18)13(10-19-21)11-6-2-3-7-12(11)17-20-14-8-4-5-9-15(14)22-17/h2-10H,18H2,1H3. The maximum Gasteiger partial charge on any atom is 0.227 e. The SMILES string of the molecule is Cn1ncc(-c2ccccc2-c2nc3ccccc3o2)c1N. The third-order valence-corrected chi connectivity index (χ3v) is 3.73. The first-order chi connectivity index (χ1) is 10.7. The molecule has 0 aliphatic heterocycles. The first-order valence-corrected chi connectivity index (χ1v) is 6.97. The Morgan fingerprint density at radius 2 is 1.68 bits per heavy atom. The molecule has 0 atom stereocenters. The van der Waals surface area contributed by atoms with Crippen molar-refractivity contribution >= 4 is 16.9 Å². The number of para-hydroxylation sites is 2. The molecule has 0 fully saturated rings. The van der Waals surface area contributed by atoms with E-state index in [2.05, 4.69) is 10.1 Å². The van der Waals surface area contributed by atoms with E-state index in [0.717, 1.165) is 27.8 Å². The van der Waals surface area contributed by atoms with Gasteiger partial charge in [-0.1, -0.05) is 30.3 Å². The third kappa shape index (κ3) is 1.87. The van der Waals surface area contributed by atoms with E-state index in [-0.39, 0.29) is 0 Å². The van der Waals surface area contributed by atoms with Crippen molar-refractivity contribution in [1.29, 1.82) is 0 Å². The number of fused-ring (bicyclic) bond motifs is 1. The van der Waals surface area contributed by atoms with Crippen molar-refractivity contribution < 1.29 is 4.42 Å². The molecule has 2 aromatic heterocycles. The van der Waals surface area contributed by atoms with Crippen molar-refractivity contribution in [2.75, 3.05) is 5.73 Å². The van der Waals surface area contributed by atoms with Crippen LogP contribution in [0.2, 0.25) is 0 Å². The average Bonchev–Trinajstić information content (AvgIpc) is 3.12. The van der Waals surface area contributed by atoms with Gasteiger partial charge in [0.25, 0.3) is 0 Å². The van der Waals surface area contributed by atoms with Crippen LogP contribution in [0.15, 0.2) is 59.1 Å². The van der Waals surface area contributed by atoms with Crippen molar-refractivity contribution in [2.24, 2.45) is 7.05 Å². The van der Waals surface area contributed by atoms with E-state index in [4.69, 9.17) is 10.2 Å². The van der Waals surface area contributed by atoms with Gasteiger partial charge in [-0.15, -0.1) is 0 Å². The number of hydrogen-bond acceptors (Lipinski definition) is 4. The molecule has 0 unspecified atom stereocenters. The van der Waals surface area contributed by atoms with Crippen molar-refractivity contribution in [3.8, 4) is 22.6 Å². The molecule has 108 valence electrons. The second-order valence-electron chi connectivity index (χ2n) is 5.10. The van der Waals surface area contributed by atoms with Gasteiger partial charge in [0.1, 0.15) is 11.3 Å². The van der Waals surface area contributed by atoms with Gasteiger partial charge in [-0.25, -0.2) is 4.98 Å². The molecule has 5 nitrogen and oxygen atoms in total. The van der Waals surface area contributed by atoms with Gasteiger partial charge < -0.3 is 10.2 Å². The van der Waals surface area contributed by atoms with Gasteiger partial charge in [0, 0.05) is 18.2 Å². The minimum atomic E-state index is 0.583. The minimum Gasteiger partial charge on any atom is -0.436 e. The number of oxazole rings is 1.